The van der Waals surface area contributed by atoms with E-state index < -0.39 is 0 Å². The van der Waals surface area contributed by atoms with Crippen molar-refractivity contribution in [1.29, 1.82) is 0 Å². The van der Waals surface area contributed by atoms with E-state index in [2.05, 4.69) is 5.32 Å². The molecule has 19 heavy (non-hydrogen) atoms. The van der Waals surface area contributed by atoms with Gasteiger partial charge >= 0.3 is 0 Å². The molecule has 0 atom stereocenters. The van der Waals surface area contributed by atoms with E-state index in [1.807, 2.05) is 12.3 Å². The van der Waals surface area contributed by atoms with E-state index in [-0.39, 0.29) is 11.8 Å². The quantitative estimate of drug-likeness (QED) is 0.850. The molecule has 102 valence electrons. The third-order valence-corrected chi connectivity index (χ3v) is 4.06. The van der Waals surface area contributed by atoms with E-state index in [0.29, 0.717) is 36.6 Å². The van der Waals surface area contributed by atoms with Crippen LogP contribution in [-0.4, -0.2) is 42.6 Å². The Morgan fingerprint density at radius 3 is 2.95 bits per heavy atom. The van der Waals surface area contributed by atoms with E-state index in [1.54, 1.807) is 28.8 Å². The second-order valence-electron chi connectivity index (χ2n) is 4.24. The molecule has 1 heterocycles. The van der Waals surface area contributed by atoms with E-state index in [0.717, 1.165) is 4.90 Å². The molecule has 0 aromatic heterocycles. The summed E-state index contributed by atoms with van der Waals surface area (Å²) in [7, 11) is 0. The summed E-state index contributed by atoms with van der Waals surface area (Å²) in [6.07, 6.45) is 2.29. The van der Waals surface area contributed by atoms with Gasteiger partial charge in [-0.3, -0.25) is 9.59 Å². The second kappa shape index (κ2) is 6.30. The molecule has 1 aliphatic rings. The van der Waals surface area contributed by atoms with Crippen molar-refractivity contribution in [3.8, 4) is 0 Å². The average molecular weight is 299 g/mol. The smallest absolute Gasteiger partial charge is 0.255 e. The molecule has 0 saturated carbocycles. The number of thioether (sulfide) groups is 1. The molecule has 4 nitrogen and oxygen atoms in total. The van der Waals surface area contributed by atoms with Crippen molar-refractivity contribution in [3.05, 3.63) is 28.8 Å². The first-order chi connectivity index (χ1) is 9.11. The summed E-state index contributed by atoms with van der Waals surface area (Å²) in [5, 5.41) is 3.20. The first-order valence-corrected chi connectivity index (χ1v) is 7.61. The lowest BCUT2D eigenvalue weighted by atomic mass is 10.2. The highest BCUT2D eigenvalue weighted by Gasteiger charge is 2.21. The van der Waals surface area contributed by atoms with Gasteiger partial charge in [0.15, 0.2) is 0 Å². The van der Waals surface area contributed by atoms with Crippen LogP contribution >= 0.6 is 23.4 Å². The number of benzene rings is 1. The number of hydrogen-bond donors (Lipinski definition) is 1. The third kappa shape index (κ3) is 3.42. The molecule has 6 heteroatoms. The number of amides is 2. The standard InChI is InChI=1S/C13H15ClN2O2S/c1-19-9-2-3-11(14)10(8-9)13(18)16-6-4-12(17)15-5-7-16/h2-3,8H,4-7H2,1H3,(H,15,17). The summed E-state index contributed by atoms with van der Waals surface area (Å²) in [5.41, 5.74) is 0.503. The maximum Gasteiger partial charge on any atom is 0.255 e. The lowest BCUT2D eigenvalue weighted by Gasteiger charge is -2.20. The van der Waals surface area contributed by atoms with Crippen LogP contribution in [0.2, 0.25) is 5.02 Å². The van der Waals surface area contributed by atoms with Crippen molar-refractivity contribution in [3.63, 3.8) is 0 Å². The summed E-state index contributed by atoms with van der Waals surface area (Å²) in [6.45, 7) is 1.44. The number of nitrogens with zero attached hydrogens (tertiary/aromatic N) is 1. The second-order valence-corrected chi connectivity index (χ2v) is 5.52. The van der Waals surface area contributed by atoms with Gasteiger partial charge in [0.1, 0.15) is 0 Å². The van der Waals surface area contributed by atoms with Gasteiger partial charge < -0.3 is 10.2 Å². The van der Waals surface area contributed by atoms with Gasteiger partial charge in [0.05, 0.1) is 10.6 Å². The topological polar surface area (TPSA) is 49.4 Å². The molecule has 1 N–H and O–H groups in total. The van der Waals surface area contributed by atoms with Crippen LogP contribution < -0.4 is 5.32 Å². The molecule has 0 aliphatic carbocycles. The SMILES string of the molecule is CSc1ccc(Cl)c(C(=O)N2CCNC(=O)CC2)c1. The Morgan fingerprint density at radius 2 is 2.21 bits per heavy atom. The zero-order valence-electron chi connectivity index (χ0n) is 10.6. The zero-order chi connectivity index (χ0) is 13.8. The fourth-order valence-electron chi connectivity index (χ4n) is 1.94. The predicted molar refractivity (Wildman–Crippen MR) is 76.8 cm³/mol. The van der Waals surface area contributed by atoms with Crippen LogP contribution in [-0.2, 0) is 4.79 Å². The lowest BCUT2D eigenvalue weighted by molar-refractivity contribution is -0.120. The van der Waals surface area contributed by atoms with Crippen molar-refractivity contribution in [1.82, 2.24) is 10.2 Å². The number of carbonyl (C=O) groups is 2. The molecule has 2 amide bonds. The van der Waals surface area contributed by atoms with Crippen LogP contribution in [0, 0.1) is 0 Å². The van der Waals surface area contributed by atoms with Gasteiger partial charge in [0.25, 0.3) is 5.91 Å². The number of halogens is 1. The number of rotatable bonds is 2. The first kappa shape index (κ1) is 14.2. The molecule has 1 aliphatic heterocycles. The molecule has 2 rings (SSSR count). The average Bonchev–Trinajstić information content (AvgIpc) is 2.63. The number of carbonyl (C=O) groups excluding carboxylic acids is 2. The van der Waals surface area contributed by atoms with Crippen LogP contribution in [0.25, 0.3) is 0 Å². The van der Waals surface area contributed by atoms with Gasteiger partial charge in [-0.05, 0) is 24.5 Å². The number of hydrogen-bond acceptors (Lipinski definition) is 3. The normalized spacial score (nSPS) is 15.9. The molecule has 0 bridgehead atoms. The molecule has 1 fully saturated rings. The molecule has 1 saturated heterocycles. The van der Waals surface area contributed by atoms with Crippen molar-refractivity contribution in [2.75, 3.05) is 25.9 Å². The summed E-state index contributed by atoms with van der Waals surface area (Å²) < 4.78 is 0. The fraction of sp³-hybridized carbons (Fsp3) is 0.385. The summed E-state index contributed by atoms with van der Waals surface area (Å²) in [5.74, 6) is -0.128. The molecule has 0 spiro atoms. The van der Waals surface area contributed by atoms with Crippen molar-refractivity contribution < 1.29 is 9.59 Å². The van der Waals surface area contributed by atoms with Crippen LogP contribution in [0.4, 0.5) is 0 Å². The summed E-state index contributed by atoms with van der Waals surface area (Å²) >= 11 is 7.66. The molecule has 0 radical (unpaired) electrons. The molecular weight excluding hydrogens is 284 g/mol. The number of nitrogens with one attached hydrogen (secondary N) is 1. The van der Waals surface area contributed by atoms with Crippen LogP contribution in [0.3, 0.4) is 0 Å². The van der Waals surface area contributed by atoms with Gasteiger partial charge in [-0.1, -0.05) is 11.6 Å². The maximum atomic E-state index is 12.4. The van der Waals surface area contributed by atoms with Gasteiger partial charge in [-0.25, -0.2) is 0 Å². The molecule has 1 aromatic rings. The highest BCUT2D eigenvalue weighted by Crippen LogP contribution is 2.24. The Labute approximate surface area is 121 Å². The van der Waals surface area contributed by atoms with Crippen molar-refractivity contribution in [2.45, 2.75) is 11.3 Å². The van der Waals surface area contributed by atoms with E-state index in [9.17, 15) is 9.59 Å². The van der Waals surface area contributed by atoms with Crippen LogP contribution in [0.1, 0.15) is 16.8 Å². The Bertz CT molecular complexity index is 507. The van der Waals surface area contributed by atoms with Crippen molar-refractivity contribution in [2.24, 2.45) is 0 Å². The van der Waals surface area contributed by atoms with Gasteiger partial charge in [-0.15, -0.1) is 11.8 Å². The third-order valence-electron chi connectivity index (χ3n) is 3.00. The lowest BCUT2D eigenvalue weighted by Crippen LogP contribution is -2.34. The maximum absolute atomic E-state index is 12.4. The molecule has 1 aromatic carbocycles. The van der Waals surface area contributed by atoms with Crippen molar-refractivity contribution >= 4 is 35.2 Å². The minimum Gasteiger partial charge on any atom is -0.354 e. The van der Waals surface area contributed by atoms with Crippen LogP contribution in [0.15, 0.2) is 23.1 Å². The van der Waals surface area contributed by atoms with Gasteiger partial charge in [-0.2, -0.15) is 0 Å². The Balaban J connectivity index is 2.20. The van der Waals surface area contributed by atoms with E-state index in [4.69, 9.17) is 11.6 Å². The minimum atomic E-state index is -0.114. The molecule has 0 unspecified atom stereocenters. The first-order valence-electron chi connectivity index (χ1n) is 6.01. The van der Waals surface area contributed by atoms with E-state index in [1.165, 1.54) is 0 Å². The zero-order valence-corrected chi connectivity index (χ0v) is 12.2. The minimum absolute atomic E-state index is 0.0146. The van der Waals surface area contributed by atoms with Gasteiger partial charge in [0, 0.05) is 31.0 Å². The van der Waals surface area contributed by atoms with E-state index >= 15 is 0 Å². The fourth-order valence-corrected chi connectivity index (χ4v) is 2.57. The predicted octanol–water partition coefficient (Wildman–Crippen LogP) is 2.02. The Kier molecular flexibility index (Phi) is 4.71. The molecular formula is C13H15ClN2O2S. The monoisotopic (exact) mass is 298 g/mol. The highest BCUT2D eigenvalue weighted by atomic mass is 35.5. The largest absolute Gasteiger partial charge is 0.354 e. The van der Waals surface area contributed by atoms with Crippen LogP contribution in [0.5, 0.6) is 0 Å². The Morgan fingerprint density at radius 1 is 1.42 bits per heavy atom. The summed E-state index contributed by atoms with van der Waals surface area (Å²) in [4.78, 5) is 26.4. The summed E-state index contributed by atoms with van der Waals surface area (Å²) in [6, 6.07) is 5.43. The Hall–Kier alpha value is -1.20. The highest BCUT2D eigenvalue weighted by molar-refractivity contribution is 7.98. The van der Waals surface area contributed by atoms with Gasteiger partial charge in [0.2, 0.25) is 5.91 Å².